The van der Waals surface area contributed by atoms with E-state index in [9.17, 15) is 4.79 Å². The van der Waals surface area contributed by atoms with Crippen LogP contribution in [0.3, 0.4) is 0 Å². The van der Waals surface area contributed by atoms with Crippen LogP contribution in [0.2, 0.25) is 0 Å². The van der Waals surface area contributed by atoms with Crippen LogP contribution in [0.4, 0.5) is 5.69 Å². The lowest BCUT2D eigenvalue weighted by Crippen LogP contribution is -2.07. The number of nitrogens with zero attached hydrogens (tertiary/aromatic N) is 2. The summed E-state index contributed by atoms with van der Waals surface area (Å²) in [5.41, 5.74) is 7.18. The Balaban J connectivity index is 2.11. The van der Waals surface area contributed by atoms with Crippen molar-refractivity contribution in [1.82, 2.24) is 9.97 Å². The first-order valence-corrected chi connectivity index (χ1v) is 5.79. The molecule has 0 amide bonds. The van der Waals surface area contributed by atoms with E-state index in [0.29, 0.717) is 11.4 Å². The van der Waals surface area contributed by atoms with Gasteiger partial charge in [0, 0.05) is 16.4 Å². The predicted octanol–water partition coefficient (Wildman–Crippen LogP) is 2.25. The molecule has 0 spiro atoms. The smallest absolute Gasteiger partial charge is 0.187 e. The van der Waals surface area contributed by atoms with Gasteiger partial charge in [-0.1, -0.05) is 0 Å². The van der Waals surface area contributed by atoms with E-state index in [4.69, 9.17) is 5.73 Å². The van der Waals surface area contributed by atoms with Gasteiger partial charge in [0.2, 0.25) is 0 Å². The molecule has 0 saturated carbocycles. The number of ketones is 1. The molecule has 0 aliphatic rings. The molecule has 0 aromatic carbocycles. The summed E-state index contributed by atoms with van der Waals surface area (Å²) in [4.78, 5) is 20.0. The second-order valence-corrected chi connectivity index (χ2v) is 4.46. The Bertz CT molecular complexity index is 522. The summed E-state index contributed by atoms with van der Waals surface area (Å²) < 4.78 is 0.888. The van der Waals surface area contributed by atoms with E-state index in [0.717, 1.165) is 10.2 Å². The minimum atomic E-state index is -0.0696. The number of Topliss-reactive ketones (excluding diaryl/α,β-unsaturated/α-hetero) is 1. The average molecular weight is 292 g/mol. The Morgan fingerprint density at radius 3 is 2.59 bits per heavy atom. The number of nitrogen functional groups attached to an aromatic ring is 1. The van der Waals surface area contributed by atoms with Gasteiger partial charge in [-0.25, -0.2) is 0 Å². The van der Waals surface area contributed by atoms with Crippen molar-refractivity contribution >= 4 is 27.4 Å². The first kappa shape index (κ1) is 11.7. The van der Waals surface area contributed by atoms with Crippen LogP contribution >= 0.6 is 15.9 Å². The fourth-order valence-electron chi connectivity index (χ4n) is 1.34. The SMILES string of the molecule is Nc1ccc(C(=O)Cc2ccc(Br)cn2)nc1. The number of hydrogen-bond donors (Lipinski definition) is 1. The molecule has 2 rings (SSSR count). The van der Waals surface area contributed by atoms with E-state index in [1.54, 1.807) is 24.4 Å². The molecule has 2 heterocycles. The van der Waals surface area contributed by atoms with Crippen LogP contribution < -0.4 is 5.73 Å². The van der Waals surface area contributed by atoms with Crippen molar-refractivity contribution in [2.24, 2.45) is 0 Å². The summed E-state index contributed by atoms with van der Waals surface area (Å²) in [5.74, 6) is -0.0696. The molecule has 0 aliphatic carbocycles. The second kappa shape index (κ2) is 5.05. The third kappa shape index (κ3) is 3.10. The maximum atomic E-state index is 11.9. The molecular weight excluding hydrogens is 282 g/mol. The predicted molar refractivity (Wildman–Crippen MR) is 68.6 cm³/mol. The van der Waals surface area contributed by atoms with Gasteiger partial charge in [0.05, 0.1) is 18.3 Å². The van der Waals surface area contributed by atoms with Crippen molar-refractivity contribution in [2.45, 2.75) is 6.42 Å². The highest BCUT2D eigenvalue weighted by Crippen LogP contribution is 2.10. The molecule has 0 atom stereocenters. The molecule has 4 nitrogen and oxygen atoms in total. The lowest BCUT2D eigenvalue weighted by Gasteiger charge is -2.01. The molecule has 0 aliphatic heterocycles. The Kier molecular flexibility index (Phi) is 3.49. The maximum absolute atomic E-state index is 11.9. The number of carbonyl (C=O) groups excluding carboxylic acids is 1. The number of rotatable bonds is 3. The van der Waals surface area contributed by atoms with Crippen molar-refractivity contribution < 1.29 is 4.79 Å². The zero-order chi connectivity index (χ0) is 12.3. The Morgan fingerprint density at radius 2 is 2.00 bits per heavy atom. The topological polar surface area (TPSA) is 68.9 Å². The number of carbonyl (C=O) groups is 1. The Labute approximate surface area is 107 Å². The standard InChI is InChI=1S/C12H10BrN3O/c13-8-1-3-10(15-6-8)5-12(17)11-4-2-9(14)7-16-11/h1-4,6-7H,5,14H2. The molecular formula is C12H10BrN3O. The number of anilines is 1. The molecule has 2 N–H and O–H groups in total. The van der Waals surface area contributed by atoms with Gasteiger partial charge in [-0.3, -0.25) is 14.8 Å². The van der Waals surface area contributed by atoms with Crippen molar-refractivity contribution in [2.75, 3.05) is 5.73 Å². The van der Waals surface area contributed by atoms with E-state index in [2.05, 4.69) is 25.9 Å². The minimum absolute atomic E-state index is 0.0696. The van der Waals surface area contributed by atoms with E-state index >= 15 is 0 Å². The van der Waals surface area contributed by atoms with Gasteiger partial charge in [-0.05, 0) is 40.2 Å². The molecule has 0 fully saturated rings. The average Bonchev–Trinajstić information content (AvgIpc) is 2.33. The van der Waals surface area contributed by atoms with Gasteiger partial charge in [-0.2, -0.15) is 0 Å². The summed E-state index contributed by atoms with van der Waals surface area (Å²) in [7, 11) is 0. The van der Waals surface area contributed by atoms with Crippen LogP contribution in [0.1, 0.15) is 16.2 Å². The van der Waals surface area contributed by atoms with E-state index in [1.165, 1.54) is 6.20 Å². The van der Waals surface area contributed by atoms with Crippen LogP contribution in [-0.2, 0) is 6.42 Å². The molecule has 0 radical (unpaired) electrons. The van der Waals surface area contributed by atoms with Gasteiger partial charge in [-0.15, -0.1) is 0 Å². The Morgan fingerprint density at radius 1 is 1.18 bits per heavy atom. The molecule has 2 aromatic rings. The van der Waals surface area contributed by atoms with Crippen LogP contribution in [-0.4, -0.2) is 15.8 Å². The minimum Gasteiger partial charge on any atom is -0.397 e. The number of pyridine rings is 2. The van der Waals surface area contributed by atoms with E-state index in [-0.39, 0.29) is 12.2 Å². The third-order valence-electron chi connectivity index (χ3n) is 2.20. The summed E-state index contributed by atoms with van der Waals surface area (Å²) in [5, 5.41) is 0. The van der Waals surface area contributed by atoms with Gasteiger partial charge in [0.1, 0.15) is 5.69 Å². The molecule has 5 heteroatoms. The third-order valence-corrected chi connectivity index (χ3v) is 2.67. The number of hydrogen-bond acceptors (Lipinski definition) is 4. The monoisotopic (exact) mass is 291 g/mol. The zero-order valence-corrected chi connectivity index (χ0v) is 10.5. The molecule has 0 unspecified atom stereocenters. The van der Waals surface area contributed by atoms with Gasteiger partial charge in [0.15, 0.2) is 5.78 Å². The quantitative estimate of drug-likeness (QED) is 0.881. The lowest BCUT2D eigenvalue weighted by molar-refractivity contribution is 0.0987. The highest BCUT2D eigenvalue weighted by molar-refractivity contribution is 9.10. The number of halogens is 1. The second-order valence-electron chi connectivity index (χ2n) is 3.54. The fraction of sp³-hybridized carbons (Fsp3) is 0.0833. The summed E-state index contributed by atoms with van der Waals surface area (Å²) in [6.07, 6.45) is 3.38. The summed E-state index contributed by atoms with van der Waals surface area (Å²) in [6, 6.07) is 6.94. The molecule has 0 bridgehead atoms. The highest BCUT2D eigenvalue weighted by Gasteiger charge is 2.08. The van der Waals surface area contributed by atoms with Gasteiger partial charge in [0.25, 0.3) is 0 Å². The first-order chi connectivity index (χ1) is 8.15. The summed E-state index contributed by atoms with van der Waals surface area (Å²) in [6.45, 7) is 0. The van der Waals surface area contributed by atoms with Crippen LogP contribution in [0.5, 0.6) is 0 Å². The first-order valence-electron chi connectivity index (χ1n) is 5.00. The fourth-order valence-corrected chi connectivity index (χ4v) is 1.57. The molecule has 17 heavy (non-hydrogen) atoms. The van der Waals surface area contributed by atoms with Crippen LogP contribution in [0, 0.1) is 0 Å². The van der Waals surface area contributed by atoms with E-state index in [1.807, 2.05) is 6.07 Å². The molecule has 2 aromatic heterocycles. The lowest BCUT2D eigenvalue weighted by atomic mass is 10.1. The van der Waals surface area contributed by atoms with Gasteiger partial charge >= 0.3 is 0 Å². The number of nitrogens with two attached hydrogens (primary N) is 1. The van der Waals surface area contributed by atoms with Crippen molar-refractivity contribution in [3.05, 3.63) is 52.5 Å². The van der Waals surface area contributed by atoms with Crippen molar-refractivity contribution in [1.29, 1.82) is 0 Å². The van der Waals surface area contributed by atoms with E-state index < -0.39 is 0 Å². The Hall–Kier alpha value is -1.75. The van der Waals surface area contributed by atoms with Crippen LogP contribution in [0.25, 0.3) is 0 Å². The highest BCUT2D eigenvalue weighted by atomic mass is 79.9. The molecule has 86 valence electrons. The van der Waals surface area contributed by atoms with Crippen molar-refractivity contribution in [3.63, 3.8) is 0 Å². The van der Waals surface area contributed by atoms with Crippen molar-refractivity contribution in [3.8, 4) is 0 Å². The van der Waals surface area contributed by atoms with Crippen LogP contribution in [0.15, 0.2) is 41.1 Å². The normalized spacial score (nSPS) is 10.2. The summed E-state index contributed by atoms with van der Waals surface area (Å²) >= 11 is 3.29. The zero-order valence-electron chi connectivity index (χ0n) is 8.93. The van der Waals surface area contributed by atoms with Gasteiger partial charge < -0.3 is 5.73 Å². The largest absolute Gasteiger partial charge is 0.397 e. The maximum Gasteiger partial charge on any atom is 0.187 e. The molecule has 0 saturated heterocycles. The number of aromatic nitrogens is 2.